The van der Waals surface area contributed by atoms with Gasteiger partial charge in [0.15, 0.2) is 11.5 Å². The molecule has 0 radical (unpaired) electrons. The topological polar surface area (TPSA) is 47.9 Å². The highest BCUT2D eigenvalue weighted by Crippen LogP contribution is 2.34. The summed E-state index contributed by atoms with van der Waals surface area (Å²) in [5.41, 5.74) is 1.07. The van der Waals surface area contributed by atoms with Crippen LogP contribution in [-0.2, 0) is 11.2 Å². The van der Waals surface area contributed by atoms with Crippen molar-refractivity contribution < 1.29 is 19.3 Å². The summed E-state index contributed by atoms with van der Waals surface area (Å²) in [6.45, 7) is 2.81. The van der Waals surface area contributed by atoms with E-state index in [0.717, 1.165) is 31.4 Å². The van der Waals surface area contributed by atoms with Crippen molar-refractivity contribution in [1.82, 2.24) is 0 Å². The second kappa shape index (κ2) is 7.66. The smallest absolute Gasteiger partial charge is 0.160 e. The van der Waals surface area contributed by atoms with E-state index in [9.17, 15) is 5.11 Å². The maximum absolute atomic E-state index is 10.2. The minimum atomic E-state index is -0.310. The van der Waals surface area contributed by atoms with Gasteiger partial charge in [-0.3, -0.25) is 0 Å². The lowest BCUT2D eigenvalue weighted by Gasteiger charge is -2.36. The molecule has 1 aromatic carbocycles. The van der Waals surface area contributed by atoms with Crippen molar-refractivity contribution in [3.05, 3.63) is 23.8 Å². The molecular weight excluding hydrogens is 268 g/mol. The van der Waals surface area contributed by atoms with Crippen LogP contribution >= 0.6 is 0 Å². The Bertz CT molecular complexity index is 440. The summed E-state index contributed by atoms with van der Waals surface area (Å²) in [6, 6.07) is 5.80. The highest BCUT2D eigenvalue weighted by Gasteiger charge is 2.30. The molecule has 1 aliphatic rings. The van der Waals surface area contributed by atoms with Gasteiger partial charge in [-0.05, 0) is 56.2 Å². The molecular formula is C17H26O4. The Labute approximate surface area is 127 Å². The third-order valence-corrected chi connectivity index (χ3v) is 4.12. The molecule has 21 heavy (non-hydrogen) atoms. The van der Waals surface area contributed by atoms with Crippen LogP contribution < -0.4 is 9.47 Å². The number of methoxy groups -OCH3 is 2. The van der Waals surface area contributed by atoms with Crippen molar-refractivity contribution in [1.29, 1.82) is 0 Å². The molecule has 1 N–H and O–H groups in total. The van der Waals surface area contributed by atoms with Crippen molar-refractivity contribution in [2.24, 2.45) is 5.92 Å². The summed E-state index contributed by atoms with van der Waals surface area (Å²) < 4.78 is 16.1. The molecule has 0 bridgehead atoms. The summed E-state index contributed by atoms with van der Waals surface area (Å²) >= 11 is 0. The average Bonchev–Trinajstić information content (AvgIpc) is 2.45. The van der Waals surface area contributed by atoms with Crippen LogP contribution in [0.1, 0.15) is 31.7 Å². The maximum Gasteiger partial charge on any atom is 0.160 e. The molecule has 0 aliphatic heterocycles. The van der Waals surface area contributed by atoms with Gasteiger partial charge in [0.25, 0.3) is 0 Å². The van der Waals surface area contributed by atoms with E-state index in [4.69, 9.17) is 14.2 Å². The minimum Gasteiger partial charge on any atom is -0.493 e. The maximum atomic E-state index is 10.2. The monoisotopic (exact) mass is 294 g/mol. The first-order chi connectivity index (χ1) is 10.2. The van der Waals surface area contributed by atoms with E-state index in [0.29, 0.717) is 29.9 Å². The van der Waals surface area contributed by atoms with E-state index >= 15 is 0 Å². The van der Waals surface area contributed by atoms with E-state index < -0.39 is 0 Å². The van der Waals surface area contributed by atoms with Crippen molar-refractivity contribution >= 4 is 0 Å². The lowest BCUT2D eigenvalue weighted by atomic mass is 9.78. The first-order valence-electron chi connectivity index (χ1n) is 7.66. The molecule has 1 aliphatic carbocycles. The Kier molecular flexibility index (Phi) is 5.88. The van der Waals surface area contributed by atoms with Crippen LogP contribution in [0, 0.1) is 5.92 Å². The molecule has 118 valence electrons. The van der Waals surface area contributed by atoms with Crippen molar-refractivity contribution in [3.63, 3.8) is 0 Å². The summed E-state index contributed by atoms with van der Waals surface area (Å²) in [5.74, 6) is 2.02. The van der Waals surface area contributed by atoms with Crippen molar-refractivity contribution in [2.45, 2.75) is 44.8 Å². The molecule has 1 saturated carbocycles. The summed E-state index contributed by atoms with van der Waals surface area (Å²) in [5, 5.41) is 10.2. The van der Waals surface area contributed by atoms with Crippen LogP contribution in [0.2, 0.25) is 0 Å². The average molecular weight is 294 g/mol. The molecule has 1 fully saturated rings. The van der Waals surface area contributed by atoms with Gasteiger partial charge in [0.2, 0.25) is 0 Å². The van der Waals surface area contributed by atoms with Gasteiger partial charge in [-0.1, -0.05) is 6.07 Å². The molecule has 1 aromatic rings. The quantitative estimate of drug-likeness (QED) is 0.801. The zero-order valence-corrected chi connectivity index (χ0v) is 13.2. The van der Waals surface area contributed by atoms with E-state index in [1.54, 1.807) is 14.2 Å². The van der Waals surface area contributed by atoms with Gasteiger partial charge in [-0.2, -0.15) is 0 Å². The fourth-order valence-corrected chi connectivity index (χ4v) is 2.99. The summed E-state index contributed by atoms with van der Waals surface area (Å²) in [4.78, 5) is 0. The van der Waals surface area contributed by atoms with Crippen LogP contribution in [-0.4, -0.2) is 38.1 Å². The highest BCUT2D eigenvalue weighted by atomic mass is 16.5. The lowest BCUT2D eigenvalue weighted by molar-refractivity contribution is -0.0375. The van der Waals surface area contributed by atoms with Gasteiger partial charge < -0.3 is 19.3 Å². The van der Waals surface area contributed by atoms with Crippen LogP contribution in [0.25, 0.3) is 0 Å². The summed E-state index contributed by atoms with van der Waals surface area (Å²) in [7, 11) is 3.25. The van der Waals surface area contributed by atoms with E-state index in [-0.39, 0.29) is 6.10 Å². The fourth-order valence-electron chi connectivity index (χ4n) is 2.99. The van der Waals surface area contributed by atoms with Gasteiger partial charge in [0.1, 0.15) is 0 Å². The second-order valence-electron chi connectivity index (χ2n) is 5.70. The molecule has 0 aromatic heterocycles. The highest BCUT2D eigenvalue weighted by molar-refractivity contribution is 5.43. The first-order valence-corrected chi connectivity index (χ1v) is 7.66. The predicted molar refractivity (Wildman–Crippen MR) is 82.0 cm³/mol. The number of ether oxygens (including phenoxy) is 3. The van der Waals surface area contributed by atoms with Gasteiger partial charge in [-0.25, -0.2) is 0 Å². The summed E-state index contributed by atoms with van der Waals surface area (Å²) in [6.07, 6.45) is 3.76. The SMILES string of the molecule is CCOC1CC(CC(O)Cc2ccc(OC)c(OC)c2)C1. The van der Waals surface area contributed by atoms with E-state index in [1.165, 1.54) is 0 Å². The number of aliphatic hydroxyl groups is 1. The van der Waals surface area contributed by atoms with E-state index in [2.05, 4.69) is 0 Å². The number of rotatable bonds is 8. The standard InChI is InChI=1S/C17H26O4/c1-4-21-15-9-13(10-15)8-14(18)7-12-5-6-16(19-2)17(11-12)20-3/h5-6,11,13-15,18H,4,7-10H2,1-3H3. The molecule has 1 unspecified atom stereocenters. The number of hydrogen-bond donors (Lipinski definition) is 1. The first kappa shape index (κ1) is 16.1. The fraction of sp³-hybridized carbons (Fsp3) is 0.647. The molecule has 2 rings (SSSR count). The Morgan fingerprint density at radius 2 is 1.90 bits per heavy atom. The van der Waals surface area contributed by atoms with Gasteiger partial charge in [-0.15, -0.1) is 0 Å². The van der Waals surface area contributed by atoms with E-state index in [1.807, 2.05) is 25.1 Å². The van der Waals surface area contributed by atoms with Crippen molar-refractivity contribution in [2.75, 3.05) is 20.8 Å². The largest absolute Gasteiger partial charge is 0.493 e. The molecule has 0 spiro atoms. The Morgan fingerprint density at radius 1 is 1.19 bits per heavy atom. The van der Waals surface area contributed by atoms with Crippen LogP contribution in [0.4, 0.5) is 0 Å². The normalized spacial score (nSPS) is 22.5. The lowest BCUT2D eigenvalue weighted by Crippen LogP contribution is -2.34. The molecule has 0 saturated heterocycles. The second-order valence-corrected chi connectivity index (χ2v) is 5.70. The number of aliphatic hydroxyl groups excluding tert-OH is 1. The Hall–Kier alpha value is -1.26. The molecule has 4 heteroatoms. The third-order valence-electron chi connectivity index (χ3n) is 4.12. The van der Waals surface area contributed by atoms with Crippen LogP contribution in [0.5, 0.6) is 11.5 Å². The number of hydrogen-bond acceptors (Lipinski definition) is 4. The number of benzene rings is 1. The van der Waals surface area contributed by atoms with Crippen molar-refractivity contribution in [3.8, 4) is 11.5 Å². The molecule has 0 amide bonds. The third kappa shape index (κ3) is 4.35. The Morgan fingerprint density at radius 3 is 2.52 bits per heavy atom. The predicted octanol–water partition coefficient (Wildman–Crippen LogP) is 2.81. The van der Waals surface area contributed by atoms with Crippen LogP contribution in [0.15, 0.2) is 18.2 Å². The molecule has 1 atom stereocenters. The zero-order valence-electron chi connectivity index (χ0n) is 13.2. The van der Waals surface area contributed by atoms with Gasteiger partial charge in [0, 0.05) is 6.61 Å². The van der Waals surface area contributed by atoms with Gasteiger partial charge >= 0.3 is 0 Å². The van der Waals surface area contributed by atoms with Gasteiger partial charge in [0.05, 0.1) is 26.4 Å². The van der Waals surface area contributed by atoms with Crippen LogP contribution in [0.3, 0.4) is 0 Å². The molecule has 0 heterocycles. The minimum absolute atomic E-state index is 0.310. The zero-order chi connectivity index (χ0) is 15.2. The molecule has 4 nitrogen and oxygen atoms in total. The Balaban J connectivity index is 1.81.